The second-order valence-corrected chi connectivity index (χ2v) is 7.14. The van der Waals surface area contributed by atoms with E-state index in [0.29, 0.717) is 31.9 Å². The maximum atomic E-state index is 12.8. The molecule has 1 aliphatic heterocycles. The fourth-order valence-electron chi connectivity index (χ4n) is 3.66. The Labute approximate surface area is 175 Å². The SMILES string of the molecule is COc1ccccc1N1CCN(C(=O)Cn2cc(-c3ccccc3)ncc2=O)CC1. The molecule has 1 fully saturated rings. The minimum Gasteiger partial charge on any atom is -0.495 e. The molecule has 30 heavy (non-hydrogen) atoms. The van der Waals surface area contributed by atoms with Crippen LogP contribution in [-0.4, -0.2) is 53.6 Å². The molecule has 0 N–H and O–H groups in total. The number of benzene rings is 2. The molecule has 7 nitrogen and oxygen atoms in total. The Balaban J connectivity index is 1.42. The van der Waals surface area contributed by atoms with Crippen molar-refractivity contribution in [1.29, 1.82) is 0 Å². The number of hydrogen-bond donors (Lipinski definition) is 0. The maximum absolute atomic E-state index is 12.8. The monoisotopic (exact) mass is 404 g/mol. The van der Waals surface area contributed by atoms with Crippen molar-refractivity contribution in [3.8, 4) is 17.0 Å². The zero-order chi connectivity index (χ0) is 20.9. The number of ether oxygens (including phenoxy) is 1. The van der Waals surface area contributed by atoms with E-state index in [-0.39, 0.29) is 18.0 Å². The molecule has 0 radical (unpaired) electrons. The Bertz CT molecular complexity index is 1070. The van der Waals surface area contributed by atoms with Gasteiger partial charge in [-0.3, -0.25) is 9.59 Å². The molecule has 0 bridgehead atoms. The van der Waals surface area contributed by atoms with E-state index in [1.807, 2.05) is 54.6 Å². The molecule has 1 saturated heterocycles. The summed E-state index contributed by atoms with van der Waals surface area (Å²) in [5.74, 6) is 0.760. The molecular formula is C23H24N4O3. The predicted molar refractivity (Wildman–Crippen MR) is 116 cm³/mol. The van der Waals surface area contributed by atoms with E-state index in [4.69, 9.17) is 4.74 Å². The fourth-order valence-corrected chi connectivity index (χ4v) is 3.66. The van der Waals surface area contributed by atoms with Gasteiger partial charge in [0.2, 0.25) is 5.91 Å². The first-order valence-electron chi connectivity index (χ1n) is 9.93. The first kappa shape index (κ1) is 19.7. The van der Waals surface area contributed by atoms with Crippen molar-refractivity contribution in [2.24, 2.45) is 0 Å². The van der Waals surface area contributed by atoms with Gasteiger partial charge in [0.15, 0.2) is 0 Å². The van der Waals surface area contributed by atoms with Gasteiger partial charge in [0.1, 0.15) is 12.3 Å². The van der Waals surface area contributed by atoms with Crippen LogP contribution in [0.1, 0.15) is 0 Å². The average Bonchev–Trinajstić information content (AvgIpc) is 2.81. The predicted octanol–water partition coefficient (Wildman–Crippen LogP) is 2.27. The van der Waals surface area contributed by atoms with Crippen LogP contribution in [0.4, 0.5) is 5.69 Å². The van der Waals surface area contributed by atoms with Gasteiger partial charge in [0.05, 0.1) is 24.7 Å². The lowest BCUT2D eigenvalue weighted by atomic mass is 10.2. The van der Waals surface area contributed by atoms with Crippen LogP contribution in [0, 0.1) is 0 Å². The second-order valence-electron chi connectivity index (χ2n) is 7.14. The summed E-state index contributed by atoms with van der Waals surface area (Å²) >= 11 is 0. The van der Waals surface area contributed by atoms with Crippen LogP contribution >= 0.6 is 0 Å². The summed E-state index contributed by atoms with van der Waals surface area (Å²) in [6.07, 6.45) is 2.93. The van der Waals surface area contributed by atoms with Crippen molar-refractivity contribution < 1.29 is 9.53 Å². The molecule has 0 saturated carbocycles. The summed E-state index contributed by atoms with van der Waals surface area (Å²) in [4.78, 5) is 33.3. The fraction of sp³-hybridized carbons (Fsp3) is 0.261. The first-order valence-corrected chi connectivity index (χ1v) is 9.93. The molecule has 2 heterocycles. The second kappa shape index (κ2) is 8.82. The van der Waals surface area contributed by atoms with Crippen molar-refractivity contribution in [3.05, 3.63) is 77.3 Å². The maximum Gasteiger partial charge on any atom is 0.269 e. The Morgan fingerprint density at radius 2 is 1.70 bits per heavy atom. The zero-order valence-electron chi connectivity index (χ0n) is 16.9. The Morgan fingerprint density at radius 3 is 2.43 bits per heavy atom. The highest BCUT2D eigenvalue weighted by Gasteiger charge is 2.23. The third-order valence-electron chi connectivity index (χ3n) is 5.31. The quantitative estimate of drug-likeness (QED) is 0.653. The molecule has 1 amide bonds. The van der Waals surface area contributed by atoms with Crippen molar-refractivity contribution in [3.63, 3.8) is 0 Å². The molecule has 7 heteroatoms. The van der Waals surface area contributed by atoms with Crippen LogP contribution in [0.3, 0.4) is 0 Å². The van der Waals surface area contributed by atoms with Gasteiger partial charge < -0.3 is 19.1 Å². The van der Waals surface area contributed by atoms with Crippen molar-refractivity contribution in [2.75, 3.05) is 38.2 Å². The van der Waals surface area contributed by atoms with Gasteiger partial charge in [-0.1, -0.05) is 42.5 Å². The highest BCUT2D eigenvalue weighted by Crippen LogP contribution is 2.28. The molecule has 0 unspecified atom stereocenters. The summed E-state index contributed by atoms with van der Waals surface area (Å²) in [5, 5.41) is 0. The number of carbonyl (C=O) groups is 1. The van der Waals surface area contributed by atoms with E-state index in [1.165, 1.54) is 10.8 Å². The largest absolute Gasteiger partial charge is 0.495 e. The molecule has 1 aliphatic rings. The van der Waals surface area contributed by atoms with Crippen molar-refractivity contribution >= 4 is 11.6 Å². The van der Waals surface area contributed by atoms with Gasteiger partial charge in [-0.05, 0) is 12.1 Å². The smallest absolute Gasteiger partial charge is 0.269 e. The molecule has 0 aliphatic carbocycles. The number of rotatable bonds is 5. The number of aromatic nitrogens is 2. The molecule has 154 valence electrons. The summed E-state index contributed by atoms with van der Waals surface area (Å²) in [5.41, 5.74) is 2.33. The van der Waals surface area contributed by atoms with Gasteiger partial charge in [-0.2, -0.15) is 0 Å². The molecule has 0 atom stereocenters. The van der Waals surface area contributed by atoms with E-state index in [1.54, 1.807) is 18.2 Å². The number of anilines is 1. The molecule has 2 aromatic carbocycles. The number of carbonyl (C=O) groups excluding carboxylic acids is 1. The molecule has 4 rings (SSSR count). The van der Waals surface area contributed by atoms with E-state index < -0.39 is 0 Å². The van der Waals surface area contributed by atoms with Gasteiger partial charge in [0, 0.05) is 37.9 Å². The van der Waals surface area contributed by atoms with Crippen LogP contribution in [0.5, 0.6) is 5.75 Å². The van der Waals surface area contributed by atoms with Crippen molar-refractivity contribution in [2.45, 2.75) is 6.54 Å². The normalized spacial score (nSPS) is 13.9. The lowest BCUT2D eigenvalue weighted by Crippen LogP contribution is -2.50. The molecular weight excluding hydrogens is 380 g/mol. The summed E-state index contributed by atoms with van der Waals surface area (Å²) < 4.78 is 6.88. The molecule has 0 spiro atoms. The lowest BCUT2D eigenvalue weighted by molar-refractivity contribution is -0.132. The minimum atomic E-state index is -0.282. The van der Waals surface area contributed by atoms with Gasteiger partial charge in [-0.15, -0.1) is 0 Å². The van der Waals surface area contributed by atoms with Crippen LogP contribution < -0.4 is 15.2 Å². The summed E-state index contributed by atoms with van der Waals surface area (Å²) in [6.45, 7) is 2.64. The summed E-state index contributed by atoms with van der Waals surface area (Å²) in [7, 11) is 1.66. The Hall–Kier alpha value is -3.61. The Morgan fingerprint density at radius 1 is 1.00 bits per heavy atom. The number of hydrogen-bond acceptors (Lipinski definition) is 5. The van der Waals surface area contributed by atoms with Gasteiger partial charge >= 0.3 is 0 Å². The number of nitrogens with zero attached hydrogens (tertiary/aromatic N) is 4. The van der Waals surface area contributed by atoms with Crippen LogP contribution in [0.15, 0.2) is 71.8 Å². The third kappa shape index (κ3) is 4.20. The average molecular weight is 404 g/mol. The number of para-hydroxylation sites is 2. The Kier molecular flexibility index (Phi) is 5.79. The van der Waals surface area contributed by atoms with Gasteiger partial charge in [-0.25, -0.2) is 4.98 Å². The van der Waals surface area contributed by atoms with E-state index >= 15 is 0 Å². The molecule has 3 aromatic rings. The van der Waals surface area contributed by atoms with Crippen LogP contribution in [-0.2, 0) is 11.3 Å². The van der Waals surface area contributed by atoms with Crippen LogP contribution in [0.2, 0.25) is 0 Å². The number of methoxy groups -OCH3 is 1. The molecule has 1 aromatic heterocycles. The first-order chi connectivity index (χ1) is 14.7. The van der Waals surface area contributed by atoms with E-state index in [0.717, 1.165) is 17.0 Å². The van der Waals surface area contributed by atoms with E-state index in [2.05, 4.69) is 9.88 Å². The number of amides is 1. The standard InChI is InChI=1S/C23H24N4O3/c1-30-21-10-6-5-9-20(21)25-11-13-26(14-12-25)23(29)17-27-16-19(24-15-22(27)28)18-7-3-2-4-8-18/h2-10,15-16H,11-14,17H2,1H3. The van der Waals surface area contributed by atoms with Gasteiger partial charge in [0.25, 0.3) is 5.56 Å². The summed E-state index contributed by atoms with van der Waals surface area (Å²) in [6, 6.07) is 17.5. The third-order valence-corrected chi connectivity index (χ3v) is 5.31. The highest BCUT2D eigenvalue weighted by molar-refractivity contribution is 5.76. The minimum absolute atomic E-state index is 0.00977. The zero-order valence-corrected chi connectivity index (χ0v) is 16.9. The van der Waals surface area contributed by atoms with E-state index in [9.17, 15) is 9.59 Å². The van der Waals surface area contributed by atoms with Crippen LogP contribution in [0.25, 0.3) is 11.3 Å². The highest BCUT2D eigenvalue weighted by atomic mass is 16.5. The lowest BCUT2D eigenvalue weighted by Gasteiger charge is -2.36. The van der Waals surface area contributed by atoms with Crippen molar-refractivity contribution in [1.82, 2.24) is 14.5 Å². The topological polar surface area (TPSA) is 67.7 Å². The number of piperazine rings is 1.